The Labute approximate surface area is 215 Å². The van der Waals surface area contributed by atoms with Crippen LogP contribution in [-0.4, -0.2) is 26.8 Å². The SMILES string of the molecule is CCCCCCCCCC(OC)(OC)OCCc1ccc(-c2cc(C(F)(F)F)cc(C(F)(F)F)c2)cc1. The Balaban J connectivity index is 1.99. The molecule has 37 heavy (non-hydrogen) atoms. The van der Waals surface area contributed by atoms with E-state index in [4.69, 9.17) is 14.2 Å². The molecule has 0 aliphatic carbocycles. The third-order valence-electron chi connectivity index (χ3n) is 6.30. The van der Waals surface area contributed by atoms with Crippen LogP contribution in [0.2, 0.25) is 0 Å². The van der Waals surface area contributed by atoms with Crippen molar-refractivity contribution in [3.8, 4) is 11.1 Å². The zero-order valence-corrected chi connectivity index (χ0v) is 21.6. The zero-order chi connectivity index (χ0) is 27.5. The standard InChI is InChI=1S/C28H36F6O3/c1-4-5-6-7-8-9-10-16-26(35-2,36-3)37-17-15-21-11-13-22(14-12-21)23-18-24(27(29,30)31)20-25(19-23)28(32,33)34/h11-14,18-20H,4-10,15-17H2,1-3H3. The number of alkyl halides is 6. The second-order valence-corrected chi connectivity index (χ2v) is 9.05. The van der Waals surface area contributed by atoms with E-state index < -0.39 is 29.5 Å². The van der Waals surface area contributed by atoms with Gasteiger partial charge in [0.25, 0.3) is 5.97 Å². The van der Waals surface area contributed by atoms with E-state index in [2.05, 4.69) is 6.92 Å². The van der Waals surface area contributed by atoms with Gasteiger partial charge >= 0.3 is 12.4 Å². The van der Waals surface area contributed by atoms with Crippen LogP contribution in [0, 0.1) is 0 Å². The Hall–Kier alpha value is -2.10. The summed E-state index contributed by atoms with van der Waals surface area (Å²) >= 11 is 0. The maximum atomic E-state index is 13.2. The summed E-state index contributed by atoms with van der Waals surface area (Å²) in [4.78, 5) is 0. The minimum atomic E-state index is -4.89. The molecular formula is C28H36F6O3. The van der Waals surface area contributed by atoms with Gasteiger partial charge in [-0.1, -0.05) is 69.7 Å². The molecule has 0 aliphatic rings. The van der Waals surface area contributed by atoms with Crippen LogP contribution in [-0.2, 0) is 33.0 Å². The molecule has 0 aliphatic heterocycles. The van der Waals surface area contributed by atoms with Gasteiger partial charge in [-0.15, -0.1) is 0 Å². The molecule has 2 aromatic carbocycles. The highest BCUT2D eigenvalue weighted by molar-refractivity contribution is 5.66. The van der Waals surface area contributed by atoms with Crippen molar-refractivity contribution in [3.63, 3.8) is 0 Å². The highest BCUT2D eigenvalue weighted by atomic mass is 19.4. The fraction of sp³-hybridized carbons (Fsp3) is 0.571. The molecule has 0 saturated heterocycles. The summed E-state index contributed by atoms with van der Waals surface area (Å²) in [7, 11) is 3.04. The van der Waals surface area contributed by atoms with Gasteiger partial charge in [-0.3, -0.25) is 0 Å². The normalized spacial score (nSPS) is 12.8. The molecular weight excluding hydrogens is 498 g/mol. The van der Waals surface area contributed by atoms with Crippen LogP contribution in [0.1, 0.15) is 75.0 Å². The summed E-state index contributed by atoms with van der Waals surface area (Å²) < 4.78 is 95.9. The van der Waals surface area contributed by atoms with Gasteiger partial charge in [0, 0.05) is 20.6 Å². The first kappa shape index (κ1) is 31.1. The van der Waals surface area contributed by atoms with Crippen LogP contribution >= 0.6 is 0 Å². The van der Waals surface area contributed by atoms with E-state index in [-0.39, 0.29) is 23.8 Å². The maximum absolute atomic E-state index is 13.2. The number of unbranched alkanes of at least 4 members (excludes halogenated alkanes) is 6. The molecule has 0 amide bonds. The van der Waals surface area contributed by atoms with Crippen molar-refractivity contribution in [2.45, 2.75) is 83.0 Å². The lowest BCUT2D eigenvalue weighted by molar-refractivity contribution is -0.365. The first-order valence-corrected chi connectivity index (χ1v) is 12.6. The molecule has 3 nitrogen and oxygen atoms in total. The molecule has 0 saturated carbocycles. The van der Waals surface area contributed by atoms with E-state index in [1.165, 1.54) is 52.0 Å². The number of ether oxygens (including phenoxy) is 3. The van der Waals surface area contributed by atoms with E-state index in [9.17, 15) is 26.3 Å². The molecule has 0 bridgehead atoms. The van der Waals surface area contributed by atoms with Gasteiger partial charge in [0.15, 0.2) is 0 Å². The smallest absolute Gasteiger partial charge is 0.331 e. The summed E-state index contributed by atoms with van der Waals surface area (Å²) in [6, 6.07) is 7.89. The third-order valence-corrected chi connectivity index (χ3v) is 6.30. The molecule has 0 aromatic heterocycles. The maximum Gasteiger partial charge on any atom is 0.416 e. The Bertz CT molecular complexity index is 902. The highest BCUT2D eigenvalue weighted by Crippen LogP contribution is 2.38. The zero-order valence-electron chi connectivity index (χ0n) is 21.6. The lowest BCUT2D eigenvalue weighted by Crippen LogP contribution is -2.37. The molecule has 0 N–H and O–H groups in total. The average Bonchev–Trinajstić information content (AvgIpc) is 2.86. The number of hydrogen-bond acceptors (Lipinski definition) is 3. The molecule has 0 atom stereocenters. The van der Waals surface area contributed by atoms with Crippen LogP contribution in [0.3, 0.4) is 0 Å². The average molecular weight is 535 g/mol. The van der Waals surface area contributed by atoms with Gasteiger partial charge in [-0.2, -0.15) is 26.3 Å². The molecule has 2 aromatic rings. The Morgan fingerprint density at radius 3 is 1.65 bits per heavy atom. The van der Waals surface area contributed by atoms with Gasteiger partial charge in [0.05, 0.1) is 17.7 Å². The largest absolute Gasteiger partial charge is 0.416 e. The van der Waals surface area contributed by atoms with E-state index in [1.807, 2.05) is 0 Å². The van der Waals surface area contributed by atoms with Gasteiger partial charge in [0.2, 0.25) is 0 Å². The summed E-state index contributed by atoms with van der Waals surface area (Å²) in [5, 5.41) is 0. The number of hydrogen-bond donors (Lipinski definition) is 0. The number of rotatable bonds is 15. The van der Waals surface area contributed by atoms with E-state index in [0.717, 1.165) is 37.0 Å². The summed E-state index contributed by atoms with van der Waals surface area (Å²) in [6.07, 6.45) is -0.768. The lowest BCUT2D eigenvalue weighted by Gasteiger charge is -2.30. The minimum absolute atomic E-state index is 0.125. The third kappa shape index (κ3) is 9.94. The van der Waals surface area contributed by atoms with Crippen molar-refractivity contribution >= 4 is 0 Å². The Morgan fingerprint density at radius 2 is 1.16 bits per heavy atom. The van der Waals surface area contributed by atoms with Crippen LogP contribution < -0.4 is 0 Å². The quantitative estimate of drug-likeness (QED) is 0.130. The van der Waals surface area contributed by atoms with Crippen LogP contribution in [0.5, 0.6) is 0 Å². The predicted octanol–water partition coefficient (Wildman–Crippen LogP) is 9.04. The topological polar surface area (TPSA) is 27.7 Å². The number of methoxy groups -OCH3 is 2. The first-order valence-electron chi connectivity index (χ1n) is 12.6. The molecule has 0 fully saturated rings. The summed E-state index contributed by atoms with van der Waals surface area (Å²) in [6.45, 7) is 2.44. The summed E-state index contributed by atoms with van der Waals surface area (Å²) in [5.41, 5.74) is -1.78. The monoisotopic (exact) mass is 534 g/mol. The lowest BCUT2D eigenvalue weighted by atomic mass is 9.98. The predicted molar refractivity (Wildman–Crippen MR) is 131 cm³/mol. The van der Waals surface area contributed by atoms with Crippen LogP contribution in [0.15, 0.2) is 42.5 Å². The molecule has 0 unspecified atom stereocenters. The van der Waals surface area contributed by atoms with Gasteiger partial charge in [-0.05, 0) is 47.7 Å². The minimum Gasteiger partial charge on any atom is -0.331 e. The van der Waals surface area contributed by atoms with Crippen molar-refractivity contribution in [1.82, 2.24) is 0 Å². The van der Waals surface area contributed by atoms with Crippen LogP contribution in [0.25, 0.3) is 11.1 Å². The van der Waals surface area contributed by atoms with Crippen molar-refractivity contribution in [3.05, 3.63) is 59.2 Å². The second kappa shape index (κ2) is 14.2. The highest BCUT2D eigenvalue weighted by Gasteiger charge is 2.37. The Kier molecular flexibility index (Phi) is 11.9. The van der Waals surface area contributed by atoms with Gasteiger partial charge in [-0.25, -0.2) is 0 Å². The van der Waals surface area contributed by atoms with E-state index in [1.54, 1.807) is 12.1 Å². The fourth-order valence-electron chi connectivity index (χ4n) is 4.09. The molecule has 0 spiro atoms. The van der Waals surface area contributed by atoms with Crippen molar-refractivity contribution in [2.24, 2.45) is 0 Å². The molecule has 2 rings (SSSR count). The van der Waals surface area contributed by atoms with Crippen molar-refractivity contribution in [1.29, 1.82) is 0 Å². The van der Waals surface area contributed by atoms with E-state index in [0.29, 0.717) is 12.8 Å². The Morgan fingerprint density at radius 1 is 0.649 bits per heavy atom. The molecule has 208 valence electrons. The molecule has 0 radical (unpaired) electrons. The van der Waals surface area contributed by atoms with Gasteiger partial charge in [0.1, 0.15) is 0 Å². The summed E-state index contributed by atoms with van der Waals surface area (Å²) in [5.74, 6) is -1.16. The van der Waals surface area contributed by atoms with Gasteiger partial charge < -0.3 is 14.2 Å². The number of benzene rings is 2. The second-order valence-electron chi connectivity index (χ2n) is 9.05. The van der Waals surface area contributed by atoms with E-state index >= 15 is 0 Å². The van der Waals surface area contributed by atoms with Crippen molar-refractivity contribution in [2.75, 3.05) is 20.8 Å². The first-order chi connectivity index (χ1) is 17.4. The molecule has 9 heteroatoms. The number of halogens is 6. The fourth-order valence-corrected chi connectivity index (χ4v) is 4.09. The molecule has 0 heterocycles. The van der Waals surface area contributed by atoms with Crippen LogP contribution in [0.4, 0.5) is 26.3 Å². The van der Waals surface area contributed by atoms with Crippen molar-refractivity contribution < 1.29 is 40.6 Å².